The number of benzene rings is 1. The number of rotatable bonds is 4. The fourth-order valence-electron chi connectivity index (χ4n) is 1.41. The summed E-state index contributed by atoms with van der Waals surface area (Å²) in [6, 6.07) is 7.64. The van der Waals surface area contributed by atoms with Crippen molar-refractivity contribution in [3.05, 3.63) is 34.9 Å². The van der Waals surface area contributed by atoms with Gasteiger partial charge in [-0.2, -0.15) is 0 Å². The quantitative estimate of drug-likeness (QED) is 0.505. The summed E-state index contributed by atoms with van der Waals surface area (Å²) < 4.78 is 0. The molecule has 3 nitrogen and oxygen atoms in total. The standard InChI is InChI=1S/C12H18ClN3.HI/c1-3-16(4-2)12(14)15-9-10-5-7-11(13)8-6-10;/h5-8H,3-4,9H2,1-2H3,(H2,14,15);1H. The van der Waals surface area contributed by atoms with Crippen LogP contribution in [-0.2, 0) is 6.54 Å². The van der Waals surface area contributed by atoms with Crippen LogP contribution in [0.4, 0.5) is 0 Å². The molecule has 0 spiro atoms. The minimum absolute atomic E-state index is 0. The highest BCUT2D eigenvalue weighted by atomic mass is 127. The first kappa shape index (κ1) is 16.5. The molecule has 0 unspecified atom stereocenters. The third kappa shape index (κ3) is 5.59. The third-order valence-electron chi connectivity index (χ3n) is 2.42. The topological polar surface area (TPSA) is 41.6 Å². The van der Waals surface area contributed by atoms with Gasteiger partial charge in [-0.1, -0.05) is 23.7 Å². The molecule has 1 aromatic carbocycles. The molecule has 17 heavy (non-hydrogen) atoms. The van der Waals surface area contributed by atoms with Gasteiger partial charge in [0.2, 0.25) is 0 Å². The molecule has 0 aromatic heterocycles. The second-order valence-electron chi connectivity index (χ2n) is 3.47. The zero-order valence-electron chi connectivity index (χ0n) is 10.2. The molecular formula is C12H19ClIN3. The van der Waals surface area contributed by atoms with E-state index in [1.54, 1.807) is 0 Å². The first-order valence-electron chi connectivity index (χ1n) is 5.46. The molecule has 0 saturated heterocycles. The van der Waals surface area contributed by atoms with Gasteiger partial charge < -0.3 is 10.6 Å². The van der Waals surface area contributed by atoms with Gasteiger partial charge in [0.05, 0.1) is 6.54 Å². The Morgan fingerprint density at radius 3 is 2.24 bits per heavy atom. The molecule has 0 saturated carbocycles. The van der Waals surface area contributed by atoms with Crippen molar-refractivity contribution in [1.82, 2.24) is 4.90 Å². The van der Waals surface area contributed by atoms with Crippen molar-refractivity contribution < 1.29 is 0 Å². The molecule has 5 heteroatoms. The van der Waals surface area contributed by atoms with Crippen molar-refractivity contribution in [2.45, 2.75) is 20.4 Å². The maximum absolute atomic E-state index is 5.87. The summed E-state index contributed by atoms with van der Waals surface area (Å²) in [4.78, 5) is 6.37. The summed E-state index contributed by atoms with van der Waals surface area (Å²) in [5.41, 5.74) is 6.98. The van der Waals surface area contributed by atoms with Crippen LogP contribution in [0.2, 0.25) is 5.02 Å². The number of nitrogens with zero attached hydrogens (tertiary/aromatic N) is 2. The molecule has 0 heterocycles. The number of hydrogen-bond donors (Lipinski definition) is 1. The fraction of sp³-hybridized carbons (Fsp3) is 0.417. The van der Waals surface area contributed by atoms with E-state index in [0.717, 1.165) is 23.7 Å². The Balaban J connectivity index is 0.00000256. The SMILES string of the molecule is CCN(CC)C(N)=NCc1ccc(Cl)cc1.I. The summed E-state index contributed by atoms with van der Waals surface area (Å²) >= 11 is 5.80. The van der Waals surface area contributed by atoms with Gasteiger partial charge in [-0.3, -0.25) is 0 Å². The predicted molar refractivity (Wildman–Crippen MR) is 85.1 cm³/mol. The maximum atomic E-state index is 5.87. The Bertz CT molecular complexity index is 347. The minimum atomic E-state index is 0. The lowest BCUT2D eigenvalue weighted by atomic mass is 10.2. The first-order valence-corrected chi connectivity index (χ1v) is 5.84. The number of guanidine groups is 1. The van der Waals surface area contributed by atoms with E-state index in [1.807, 2.05) is 29.2 Å². The summed E-state index contributed by atoms with van der Waals surface area (Å²) in [5.74, 6) is 0.597. The number of halogens is 2. The van der Waals surface area contributed by atoms with Crippen molar-refractivity contribution in [2.75, 3.05) is 13.1 Å². The average molecular weight is 368 g/mol. The Hall–Kier alpha value is -0.490. The van der Waals surface area contributed by atoms with Gasteiger partial charge in [0.15, 0.2) is 5.96 Å². The van der Waals surface area contributed by atoms with Gasteiger partial charge in [0.25, 0.3) is 0 Å². The average Bonchev–Trinajstić information content (AvgIpc) is 2.30. The lowest BCUT2D eigenvalue weighted by Gasteiger charge is -2.19. The van der Waals surface area contributed by atoms with Crippen LogP contribution in [0.3, 0.4) is 0 Å². The Morgan fingerprint density at radius 1 is 1.24 bits per heavy atom. The summed E-state index contributed by atoms with van der Waals surface area (Å²) in [6.07, 6.45) is 0. The van der Waals surface area contributed by atoms with Crippen molar-refractivity contribution in [3.63, 3.8) is 0 Å². The van der Waals surface area contributed by atoms with Crippen LogP contribution in [0.25, 0.3) is 0 Å². The molecule has 2 N–H and O–H groups in total. The van der Waals surface area contributed by atoms with Crippen molar-refractivity contribution in [2.24, 2.45) is 10.7 Å². The number of hydrogen-bond acceptors (Lipinski definition) is 1. The van der Waals surface area contributed by atoms with Crippen LogP contribution in [0.1, 0.15) is 19.4 Å². The van der Waals surface area contributed by atoms with E-state index >= 15 is 0 Å². The lowest BCUT2D eigenvalue weighted by molar-refractivity contribution is 0.458. The van der Waals surface area contributed by atoms with Crippen LogP contribution in [0, 0.1) is 0 Å². The zero-order chi connectivity index (χ0) is 12.0. The molecule has 0 radical (unpaired) electrons. The van der Waals surface area contributed by atoms with Gasteiger partial charge in [-0.25, -0.2) is 4.99 Å². The van der Waals surface area contributed by atoms with Crippen LogP contribution in [-0.4, -0.2) is 23.9 Å². The van der Waals surface area contributed by atoms with Crippen LogP contribution >= 0.6 is 35.6 Å². The van der Waals surface area contributed by atoms with E-state index in [1.165, 1.54) is 0 Å². The smallest absolute Gasteiger partial charge is 0.191 e. The number of nitrogens with two attached hydrogens (primary N) is 1. The monoisotopic (exact) mass is 367 g/mol. The zero-order valence-corrected chi connectivity index (χ0v) is 13.3. The molecule has 96 valence electrons. The molecule has 0 aliphatic heterocycles. The largest absolute Gasteiger partial charge is 0.370 e. The van der Waals surface area contributed by atoms with E-state index in [4.69, 9.17) is 17.3 Å². The number of aliphatic imine (C=N–C) groups is 1. The van der Waals surface area contributed by atoms with E-state index in [0.29, 0.717) is 12.5 Å². The van der Waals surface area contributed by atoms with Crippen molar-refractivity contribution in [3.8, 4) is 0 Å². The van der Waals surface area contributed by atoms with Gasteiger partial charge >= 0.3 is 0 Å². The fourth-order valence-corrected chi connectivity index (χ4v) is 1.54. The van der Waals surface area contributed by atoms with Crippen LogP contribution in [0.5, 0.6) is 0 Å². The van der Waals surface area contributed by atoms with Crippen molar-refractivity contribution in [1.29, 1.82) is 0 Å². The Morgan fingerprint density at radius 2 is 1.76 bits per heavy atom. The summed E-state index contributed by atoms with van der Waals surface area (Å²) in [5, 5.41) is 0.740. The molecule has 0 bridgehead atoms. The molecule has 1 aromatic rings. The highest BCUT2D eigenvalue weighted by Gasteiger charge is 2.01. The van der Waals surface area contributed by atoms with E-state index in [2.05, 4.69) is 18.8 Å². The molecule has 0 aliphatic carbocycles. The van der Waals surface area contributed by atoms with Gasteiger partial charge in [0.1, 0.15) is 0 Å². The molecule has 0 atom stereocenters. The van der Waals surface area contributed by atoms with E-state index in [9.17, 15) is 0 Å². The lowest BCUT2D eigenvalue weighted by Crippen LogP contribution is -2.37. The second kappa shape index (κ2) is 8.58. The molecule has 1 rings (SSSR count). The van der Waals surface area contributed by atoms with Gasteiger partial charge in [0, 0.05) is 18.1 Å². The Labute approximate surface area is 125 Å². The van der Waals surface area contributed by atoms with Crippen molar-refractivity contribution >= 4 is 41.5 Å². The molecule has 0 aliphatic rings. The maximum Gasteiger partial charge on any atom is 0.191 e. The Kier molecular flexibility index (Phi) is 8.33. The highest BCUT2D eigenvalue weighted by Crippen LogP contribution is 2.10. The molecular weight excluding hydrogens is 349 g/mol. The predicted octanol–water partition coefficient (Wildman–Crippen LogP) is 3.11. The normalized spacial score (nSPS) is 10.9. The molecule has 0 fully saturated rings. The second-order valence-corrected chi connectivity index (χ2v) is 3.91. The highest BCUT2D eigenvalue weighted by molar-refractivity contribution is 14.0. The van der Waals surface area contributed by atoms with Crippen LogP contribution < -0.4 is 5.73 Å². The molecule has 0 amide bonds. The minimum Gasteiger partial charge on any atom is -0.370 e. The van der Waals surface area contributed by atoms with Gasteiger partial charge in [-0.15, -0.1) is 24.0 Å². The van der Waals surface area contributed by atoms with E-state index < -0.39 is 0 Å². The first-order chi connectivity index (χ1) is 7.67. The summed E-state index contributed by atoms with van der Waals surface area (Å²) in [7, 11) is 0. The van der Waals surface area contributed by atoms with Crippen LogP contribution in [0.15, 0.2) is 29.3 Å². The summed E-state index contributed by atoms with van der Waals surface area (Å²) in [6.45, 7) is 6.49. The van der Waals surface area contributed by atoms with Gasteiger partial charge in [-0.05, 0) is 31.5 Å². The van der Waals surface area contributed by atoms with E-state index in [-0.39, 0.29) is 24.0 Å². The third-order valence-corrected chi connectivity index (χ3v) is 2.68.